The summed E-state index contributed by atoms with van der Waals surface area (Å²) >= 11 is 12.2. The maximum Gasteiger partial charge on any atom is 0.297 e. The lowest BCUT2D eigenvalue weighted by atomic mass is 10.0. The molecular formula is C20H13Cl2FO5S. The molecule has 1 heterocycles. The summed E-state index contributed by atoms with van der Waals surface area (Å²) in [5, 5.41) is 0.738. The molecule has 1 aliphatic rings. The second-order valence-electron chi connectivity index (χ2n) is 6.12. The van der Waals surface area contributed by atoms with E-state index < -0.39 is 28.8 Å². The third-order valence-corrected chi connectivity index (χ3v) is 5.98. The van der Waals surface area contributed by atoms with Crippen LogP contribution in [0.1, 0.15) is 0 Å². The molecule has 0 N–H and O–H groups in total. The molecule has 0 saturated carbocycles. The smallest absolute Gasteiger partial charge is 0.297 e. The first-order valence-electron chi connectivity index (χ1n) is 8.40. The van der Waals surface area contributed by atoms with Gasteiger partial charge in [0.25, 0.3) is 16.4 Å². The fourth-order valence-electron chi connectivity index (χ4n) is 2.85. The lowest BCUT2D eigenvalue weighted by Gasteiger charge is -2.12. The van der Waals surface area contributed by atoms with Gasteiger partial charge in [0.05, 0.1) is 9.92 Å². The van der Waals surface area contributed by atoms with Gasteiger partial charge in [0.15, 0.2) is 11.5 Å². The average Bonchev–Trinajstić information content (AvgIpc) is 3.10. The van der Waals surface area contributed by atoms with Crippen molar-refractivity contribution in [3.05, 3.63) is 76.5 Å². The molecule has 3 aromatic carbocycles. The molecule has 0 saturated heterocycles. The van der Waals surface area contributed by atoms with Crippen molar-refractivity contribution in [3.63, 3.8) is 0 Å². The van der Waals surface area contributed by atoms with Crippen molar-refractivity contribution in [2.45, 2.75) is 11.2 Å². The average molecular weight is 455 g/mol. The predicted octanol–water partition coefficient (Wildman–Crippen LogP) is 5.30. The summed E-state index contributed by atoms with van der Waals surface area (Å²) in [7, 11) is -3.99. The normalized spacial score (nSPS) is 15.5. The molecule has 1 unspecified atom stereocenters. The van der Waals surface area contributed by atoms with E-state index in [1.54, 1.807) is 30.3 Å². The van der Waals surface area contributed by atoms with Crippen LogP contribution in [0.15, 0.2) is 65.6 Å². The summed E-state index contributed by atoms with van der Waals surface area (Å²) in [5.41, 5.74) is 0.851. The lowest BCUT2D eigenvalue weighted by Crippen LogP contribution is -2.26. The summed E-state index contributed by atoms with van der Waals surface area (Å²) in [6.07, 6.45) is -1.07. The molecule has 0 radical (unpaired) electrons. The summed E-state index contributed by atoms with van der Waals surface area (Å²) in [6.45, 7) is -0.415. The molecule has 0 amide bonds. The molecule has 3 aromatic rings. The number of ether oxygens (including phenoxy) is 2. The molecule has 4 rings (SSSR count). The summed E-state index contributed by atoms with van der Waals surface area (Å²) in [5.74, 6) is -0.204. The first kappa shape index (κ1) is 20.0. The molecular weight excluding hydrogens is 442 g/mol. The van der Waals surface area contributed by atoms with Gasteiger partial charge in [-0.2, -0.15) is 8.42 Å². The number of hydrogen-bond acceptors (Lipinski definition) is 5. The fraction of sp³-hybridized carbons (Fsp3) is 0.100. The van der Waals surface area contributed by atoms with Crippen molar-refractivity contribution in [1.29, 1.82) is 0 Å². The zero-order valence-corrected chi connectivity index (χ0v) is 17.0. The summed E-state index contributed by atoms with van der Waals surface area (Å²) < 4.78 is 54.9. The van der Waals surface area contributed by atoms with Gasteiger partial charge in [-0.15, -0.1) is 0 Å². The Kier molecular flexibility index (Phi) is 5.40. The van der Waals surface area contributed by atoms with E-state index in [0.717, 1.165) is 6.07 Å². The number of benzene rings is 3. The Morgan fingerprint density at radius 1 is 0.966 bits per heavy atom. The van der Waals surface area contributed by atoms with Crippen molar-refractivity contribution in [3.8, 4) is 22.6 Å². The second-order valence-corrected chi connectivity index (χ2v) is 8.58. The molecule has 1 aliphatic heterocycles. The SMILES string of the molecule is O=S(=O)(OCC1Oc2cc(F)cc(-c3ccc(Cl)cc3Cl)c2O1)c1ccccc1. The highest BCUT2D eigenvalue weighted by Gasteiger charge is 2.31. The van der Waals surface area contributed by atoms with Crippen LogP contribution in [-0.2, 0) is 14.3 Å². The Balaban J connectivity index is 1.57. The van der Waals surface area contributed by atoms with Crippen LogP contribution in [0.3, 0.4) is 0 Å². The maximum absolute atomic E-state index is 14.1. The standard InChI is InChI=1S/C20H13Cl2FO5S/c21-12-6-7-15(17(22)8-12)16-9-13(23)10-18-20(16)28-19(27-18)11-26-29(24,25)14-4-2-1-3-5-14/h1-10,19H,11H2. The Labute approximate surface area is 176 Å². The highest BCUT2D eigenvalue weighted by Crippen LogP contribution is 2.46. The van der Waals surface area contributed by atoms with Gasteiger partial charge >= 0.3 is 0 Å². The van der Waals surface area contributed by atoms with Gasteiger partial charge in [0, 0.05) is 22.2 Å². The third-order valence-electron chi connectivity index (χ3n) is 4.14. The minimum absolute atomic E-state index is 0.00944. The molecule has 9 heteroatoms. The first-order valence-corrected chi connectivity index (χ1v) is 10.6. The van der Waals surface area contributed by atoms with Crippen molar-refractivity contribution in [2.75, 3.05) is 6.61 Å². The molecule has 150 valence electrons. The number of hydrogen-bond donors (Lipinski definition) is 0. The van der Waals surface area contributed by atoms with E-state index in [2.05, 4.69) is 0 Å². The van der Waals surface area contributed by atoms with Gasteiger partial charge in [0.2, 0.25) is 0 Å². The van der Waals surface area contributed by atoms with Crippen LogP contribution >= 0.6 is 23.2 Å². The molecule has 29 heavy (non-hydrogen) atoms. The predicted molar refractivity (Wildman–Crippen MR) is 106 cm³/mol. The quantitative estimate of drug-likeness (QED) is 0.489. The van der Waals surface area contributed by atoms with Crippen molar-refractivity contribution in [2.24, 2.45) is 0 Å². The van der Waals surface area contributed by atoms with E-state index in [9.17, 15) is 12.8 Å². The summed E-state index contributed by atoms with van der Waals surface area (Å²) in [4.78, 5) is 0.00944. The molecule has 5 nitrogen and oxygen atoms in total. The Morgan fingerprint density at radius 2 is 1.72 bits per heavy atom. The molecule has 0 bridgehead atoms. The maximum atomic E-state index is 14.1. The van der Waals surface area contributed by atoms with Crippen LogP contribution in [0.2, 0.25) is 10.0 Å². The van der Waals surface area contributed by atoms with Gasteiger partial charge in [-0.1, -0.05) is 47.5 Å². The van der Waals surface area contributed by atoms with E-state index in [0.29, 0.717) is 21.2 Å². The Morgan fingerprint density at radius 3 is 2.45 bits per heavy atom. The van der Waals surface area contributed by atoms with Crippen molar-refractivity contribution < 1.29 is 26.5 Å². The summed E-state index contributed by atoms with van der Waals surface area (Å²) in [6, 6.07) is 14.9. The molecule has 1 atom stereocenters. The van der Waals surface area contributed by atoms with E-state index in [4.69, 9.17) is 36.9 Å². The van der Waals surface area contributed by atoms with Gasteiger partial charge in [-0.3, -0.25) is 4.18 Å². The van der Waals surface area contributed by atoms with E-state index in [-0.39, 0.29) is 16.4 Å². The highest BCUT2D eigenvalue weighted by atomic mass is 35.5. The molecule has 0 spiro atoms. The minimum atomic E-state index is -3.99. The largest absolute Gasteiger partial charge is 0.448 e. The van der Waals surface area contributed by atoms with Gasteiger partial charge in [-0.25, -0.2) is 4.39 Å². The van der Waals surface area contributed by atoms with Gasteiger partial charge in [0.1, 0.15) is 12.4 Å². The van der Waals surface area contributed by atoms with Crippen molar-refractivity contribution in [1.82, 2.24) is 0 Å². The topological polar surface area (TPSA) is 61.8 Å². The van der Waals surface area contributed by atoms with Crippen LogP contribution in [0.4, 0.5) is 4.39 Å². The number of rotatable bonds is 5. The highest BCUT2D eigenvalue weighted by molar-refractivity contribution is 7.86. The fourth-order valence-corrected chi connectivity index (χ4v) is 4.28. The van der Waals surface area contributed by atoms with Crippen LogP contribution in [-0.4, -0.2) is 21.3 Å². The van der Waals surface area contributed by atoms with Crippen LogP contribution in [0.25, 0.3) is 11.1 Å². The monoisotopic (exact) mass is 454 g/mol. The third kappa shape index (κ3) is 4.18. The zero-order chi connectivity index (χ0) is 20.6. The van der Waals surface area contributed by atoms with Gasteiger partial charge < -0.3 is 9.47 Å². The molecule has 0 aliphatic carbocycles. The van der Waals surface area contributed by atoms with E-state index in [1.165, 1.54) is 24.3 Å². The van der Waals surface area contributed by atoms with E-state index >= 15 is 0 Å². The van der Waals surface area contributed by atoms with E-state index in [1.807, 2.05) is 0 Å². The Hall–Kier alpha value is -2.32. The van der Waals surface area contributed by atoms with Crippen LogP contribution in [0.5, 0.6) is 11.5 Å². The second kappa shape index (κ2) is 7.84. The molecule has 0 aromatic heterocycles. The Bertz CT molecular complexity index is 1170. The van der Waals surface area contributed by atoms with Crippen molar-refractivity contribution >= 4 is 33.3 Å². The van der Waals surface area contributed by atoms with Crippen LogP contribution < -0.4 is 9.47 Å². The number of halogens is 3. The minimum Gasteiger partial charge on any atom is -0.448 e. The lowest BCUT2D eigenvalue weighted by molar-refractivity contribution is 0.00988. The number of fused-ring (bicyclic) bond motifs is 1. The molecule has 0 fully saturated rings. The van der Waals surface area contributed by atoms with Crippen LogP contribution in [0, 0.1) is 5.82 Å². The van der Waals surface area contributed by atoms with Gasteiger partial charge in [-0.05, 0) is 30.3 Å². The first-order chi connectivity index (χ1) is 13.8. The zero-order valence-electron chi connectivity index (χ0n) is 14.6.